The molecule has 18 heavy (non-hydrogen) atoms. The molecule has 0 unspecified atom stereocenters. The van der Waals surface area contributed by atoms with Gasteiger partial charge in [-0.25, -0.2) is 4.98 Å². The molecule has 3 aromatic heterocycles. The minimum Gasteiger partial charge on any atom is -0.384 e. The van der Waals surface area contributed by atoms with Crippen LogP contribution in [0.25, 0.3) is 22.0 Å². The van der Waals surface area contributed by atoms with E-state index in [0.29, 0.717) is 5.82 Å². The molecule has 3 rings (SSSR count). The number of fused-ring (bicyclic) bond motifs is 1. The topological polar surface area (TPSA) is 56.7 Å². The summed E-state index contributed by atoms with van der Waals surface area (Å²) in [5, 5.41) is 1.17. The third-order valence-corrected chi connectivity index (χ3v) is 4.46. The fourth-order valence-electron chi connectivity index (χ4n) is 1.95. The van der Waals surface area contributed by atoms with Crippen molar-refractivity contribution in [1.29, 1.82) is 0 Å². The zero-order valence-corrected chi connectivity index (χ0v) is 12.2. The quantitative estimate of drug-likeness (QED) is 0.704. The first-order valence-corrected chi connectivity index (χ1v) is 8.57. The molecule has 3 aromatic rings. The van der Waals surface area contributed by atoms with E-state index in [4.69, 9.17) is 5.73 Å². The summed E-state index contributed by atoms with van der Waals surface area (Å²) < 4.78 is 2.09. The van der Waals surface area contributed by atoms with E-state index in [0.717, 1.165) is 16.6 Å². The van der Waals surface area contributed by atoms with Crippen molar-refractivity contribution in [3.05, 3.63) is 43.0 Å². The highest BCUT2D eigenvalue weighted by molar-refractivity contribution is 14.2. The molecule has 3 heterocycles. The number of nitrogens with two attached hydrogens (primary N) is 1. The van der Waals surface area contributed by atoms with Crippen molar-refractivity contribution in [3.8, 4) is 11.1 Å². The van der Waals surface area contributed by atoms with E-state index in [-0.39, 0.29) is 0 Å². The third-order valence-electron chi connectivity index (χ3n) is 2.74. The maximum atomic E-state index is 5.74. The van der Waals surface area contributed by atoms with E-state index in [1.165, 1.54) is 5.39 Å². The fraction of sp³-hybridized carbons (Fsp3) is 0. The average molecular weight is 368 g/mol. The maximum absolute atomic E-state index is 5.74. The third kappa shape index (κ3) is 1.95. The van der Waals surface area contributed by atoms with Crippen molar-refractivity contribution < 1.29 is 0 Å². The van der Waals surface area contributed by atoms with Gasteiger partial charge in [0.05, 0.1) is 11.7 Å². The number of nitrogen functional groups attached to an aromatic ring is 1. The molecule has 0 aliphatic rings. The molecule has 0 aliphatic carbocycles. The second kappa shape index (κ2) is 4.77. The van der Waals surface area contributed by atoms with E-state index in [2.05, 4.69) is 41.3 Å². The van der Waals surface area contributed by atoms with Gasteiger partial charge in [-0.05, 0) is 23.8 Å². The Balaban J connectivity index is 2.29. The fourth-order valence-corrected chi connectivity index (χ4v) is 3.29. The molecule has 0 bridgehead atoms. The Morgan fingerprint density at radius 1 is 1.28 bits per heavy atom. The highest BCUT2D eigenvalue weighted by Crippen LogP contribution is 2.34. The van der Waals surface area contributed by atoms with Gasteiger partial charge in [0.2, 0.25) is 0 Å². The molecule has 0 aromatic carbocycles. The molecular formula is C12H9IN4S. The predicted molar refractivity (Wildman–Crippen MR) is 84.4 cm³/mol. The first-order chi connectivity index (χ1) is 8.79. The Labute approximate surface area is 120 Å². The molecule has 0 saturated carbocycles. The Kier molecular flexibility index (Phi) is 3.13. The molecule has 6 heteroatoms. The Morgan fingerprint density at radius 2 is 2.17 bits per heavy atom. The zero-order chi connectivity index (χ0) is 12.5. The van der Waals surface area contributed by atoms with Crippen molar-refractivity contribution in [2.75, 3.05) is 5.73 Å². The monoisotopic (exact) mass is 368 g/mol. The van der Waals surface area contributed by atoms with Crippen LogP contribution in [-0.2, 0) is 0 Å². The highest BCUT2D eigenvalue weighted by atomic mass is 127. The van der Waals surface area contributed by atoms with Gasteiger partial charge in [-0.1, -0.05) is 0 Å². The van der Waals surface area contributed by atoms with Gasteiger partial charge in [0.1, 0.15) is 5.82 Å². The van der Waals surface area contributed by atoms with Crippen LogP contribution in [0.1, 0.15) is 0 Å². The lowest BCUT2D eigenvalue weighted by molar-refractivity contribution is 1.30. The lowest BCUT2D eigenvalue weighted by atomic mass is 10.1. The first kappa shape index (κ1) is 11.8. The van der Waals surface area contributed by atoms with Crippen LogP contribution in [0.4, 0.5) is 5.82 Å². The number of halogens is 1. The van der Waals surface area contributed by atoms with Crippen molar-refractivity contribution >= 4 is 47.0 Å². The first-order valence-electron chi connectivity index (χ1n) is 5.25. The lowest BCUT2D eigenvalue weighted by Gasteiger charge is -1.99. The molecule has 0 aliphatic heterocycles. The zero-order valence-electron chi connectivity index (χ0n) is 9.25. The van der Waals surface area contributed by atoms with Gasteiger partial charge in [-0.3, -0.25) is 8.96 Å². The van der Waals surface area contributed by atoms with Gasteiger partial charge in [-0.15, -0.1) is 0 Å². The molecule has 0 saturated heterocycles. The summed E-state index contributed by atoms with van der Waals surface area (Å²) in [4.78, 5) is 8.20. The molecular weight excluding hydrogens is 359 g/mol. The largest absolute Gasteiger partial charge is 0.384 e. The molecule has 4 nitrogen and oxygen atoms in total. The molecule has 0 amide bonds. The number of hydrogen-bond donors (Lipinski definition) is 1. The summed E-state index contributed by atoms with van der Waals surface area (Å²) in [6.07, 6.45) is 7.50. The summed E-state index contributed by atoms with van der Waals surface area (Å²) in [5.74, 6) is 0.532. The maximum Gasteiger partial charge on any atom is 0.123 e. The summed E-state index contributed by atoms with van der Waals surface area (Å²) >= 11 is 2.26. The number of nitrogens with zero attached hydrogens (tertiary/aromatic N) is 3. The van der Waals surface area contributed by atoms with Gasteiger partial charge in [0, 0.05) is 59.9 Å². The predicted octanol–water partition coefficient (Wildman–Crippen LogP) is 3.53. The smallest absolute Gasteiger partial charge is 0.123 e. The number of rotatable bonds is 2. The molecule has 0 fully saturated rings. The lowest BCUT2D eigenvalue weighted by Crippen LogP contribution is -1.88. The highest BCUT2D eigenvalue weighted by Gasteiger charge is 2.10. The van der Waals surface area contributed by atoms with E-state index in [1.807, 2.05) is 24.4 Å². The van der Waals surface area contributed by atoms with Crippen LogP contribution < -0.4 is 5.73 Å². The van der Waals surface area contributed by atoms with Crippen LogP contribution in [0.15, 0.2) is 43.0 Å². The minimum absolute atomic E-state index is 0.532. The summed E-state index contributed by atoms with van der Waals surface area (Å²) in [5.41, 5.74) is 9.06. The Bertz CT molecular complexity index is 710. The van der Waals surface area contributed by atoms with Crippen molar-refractivity contribution in [2.24, 2.45) is 0 Å². The van der Waals surface area contributed by atoms with Crippen LogP contribution >= 0.6 is 30.3 Å². The summed E-state index contributed by atoms with van der Waals surface area (Å²) in [6, 6.07) is 5.87. The number of pyridine rings is 2. The van der Waals surface area contributed by atoms with E-state index in [1.54, 1.807) is 21.5 Å². The summed E-state index contributed by atoms with van der Waals surface area (Å²) in [7, 11) is 1.62. The van der Waals surface area contributed by atoms with Gasteiger partial charge in [0.25, 0.3) is 0 Å². The molecule has 0 atom stereocenters. The Morgan fingerprint density at radius 3 is 2.94 bits per heavy atom. The van der Waals surface area contributed by atoms with E-state index >= 15 is 0 Å². The van der Waals surface area contributed by atoms with Crippen molar-refractivity contribution in [3.63, 3.8) is 0 Å². The molecule has 90 valence electrons. The Hall–Kier alpha value is -1.28. The van der Waals surface area contributed by atoms with E-state index in [9.17, 15) is 0 Å². The summed E-state index contributed by atoms with van der Waals surface area (Å²) in [6.45, 7) is 0. The van der Waals surface area contributed by atoms with Gasteiger partial charge in [0.15, 0.2) is 0 Å². The second-order valence-electron chi connectivity index (χ2n) is 3.80. The SMILES string of the molecule is Nc1cc(-c2cn(SI)c3cnccc23)ccn1. The van der Waals surface area contributed by atoms with Gasteiger partial charge < -0.3 is 5.73 Å². The van der Waals surface area contributed by atoms with Crippen LogP contribution in [0, 0.1) is 0 Å². The number of aromatic nitrogens is 3. The minimum atomic E-state index is 0.532. The van der Waals surface area contributed by atoms with Crippen LogP contribution in [0.2, 0.25) is 0 Å². The van der Waals surface area contributed by atoms with Gasteiger partial charge in [-0.2, -0.15) is 0 Å². The van der Waals surface area contributed by atoms with Crippen molar-refractivity contribution in [2.45, 2.75) is 0 Å². The normalized spacial score (nSPS) is 10.9. The molecule has 2 N–H and O–H groups in total. The van der Waals surface area contributed by atoms with Crippen molar-refractivity contribution in [1.82, 2.24) is 13.9 Å². The number of anilines is 1. The van der Waals surface area contributed by atoms with Crippen LogP contribution in [0.5, 0.6) is 0 Å². The van der Waals surface area contributed by atoms with Crippen LogP contribution in [-0.4, -0.2) is 13.9 Å². The average Bonchev–Trinajstić information content (AvgIpc) is 2.77. The number of hydrogen-bond acceptors (Lipinski definition) is 4. The molecule has 0 radical (unpaired) electrons. The second-order valence-corrected chi connectivity index (χ2v) is 5.51. The van der Waals surface area contributed by atoms with Crippen LogP contribution in [0.3, 0.4) is 0 Å². The van der Waals surface area contributed by atoms with E-state index < -0.39 is 0 Å². The molecule has 0 spiro atoms. The van der Waals surface area contributed by atoms with Gasteiger partial charge >= 0.3 is 0 Å². The standard InChI is InChI=1S/C12H9IN4S/c13-18-17-7-10(8-1-4-16-12(14)5-8)9-2-3-15-6-11(9)17/h1-7H,(H2,14,16).